The van der Waals surface area contributed by atoms with Crippen LogP contribution in [-0.4, -0.2) is 21.9 Å². The fourth-order valence-electron chi connectivity index (χ4n) is 2.81. The quantitative estimate of drug-likeness (QED) is 0.462. The lowest BCUT2D eigenvalue weighted by molar-refractivity contribution is 0.0947. The van der Waals surface area contributed by atoms with Crippen LogP contribution in [0.2, 0.25) is 0 Å². The van der Waals surface area contributed by atoms with E-state index in [1.165, 1.54) is 13.1 Å². The van der Waals surface area contributed by atoms with E-state index in [0.29, 0.717) is 5.69 Å². The zero-order valence-electron chi connectivity index (χ0n) is 16.4. The molecule has 0 unspecified atom stereocenters. The summed E-state index contributed by atoms with van der Waals surface area (Å²) in [5.41, 5.74) is 4.21. The first kappa shape index (κ1) is 21.1. The Morgan fingerprint density at radius 2 is 2.03 bits per heavy atom. The number of nitriles is 1. The molecule has 30 heavy (non-hydrogen) atoms. The van der Waals surface area contributed by atoms with Crippen LogP contribution < -0.4 is 11.0 Å². The van der Waals surface area contributed by atoms with Crippen LogP contribution in [0.15, 0.2) is 62.9 Å². The van der Waals surface area contributed by atoms with Crippen LogP contribution >= 0.6 is 15.9 Å². The van der Waals surface area contributed by atoms with Gasteiger partial charge in [0.2, 0.25) is 0 Å². The Balaban J connectivity index is 1.96. The lowest BCUT2D eigenvalue weighted by Gasteiger charge is -2.11. The van der Waals surface area contributed by atoms with E-state index in [0.717, 1.165) is 26.7 Å². The SMILES string of the molecule is CCc1ccc(-n2nc(C(=O)N/N=C/c3cccc(Br)c3)c(C)c(C#N)c2=O)cc1. The third kappa shape index (κ3) is 4.53. The van der Waals surface area contributed by atoms with Crippen molar-refractivity contribution in [1.82, 2.24) is 15.2 Å². The van der Waals surface area contributed by atoms with Gasteiger partial charge in [0.25, 0.3) is 11.5 Å². The van der Waals surface area contributed by atoms with Crippen molar-refractivity contribution >= 4 is 28.1 Å². The van der Waals surface area contributed by atoms with Crippen LogP contribution in [0.25, 0.3) is 5.69 Å². The standard InChI is InChI=1S/C22H18BrN5O2/c1-3-15-7-9-18(10-8-15)28-22(30)19(12-24)14(2)20(27-28)21(29)26-25-13-16-5-4-6-17(23)11-16/h4-11,13H,3H2,1-2H3,(H,26,29)/b25-13+. The number of hydrogen-bond acceptors (Lipinski definition) is 5. The highest BCUT2D eigenvalue weighted by Crippen LogP contribution is 2.12. The van der Waals surface area contributed by atoms with Gasteiger partial charge in [-0.15, -0.1) is 0 Å². The molecule has 0 spiro atoms. The molecule has 1 N–H and O–H groups in total. The van der Waals surface area contributed by atoms with Gasteiger partial charge < -0.3 is 0 Å². The Morgan fingerprint density at radius 1 is 1.30 bits per heavy atom. The van der Waals surface area contributed by atoms with E-state index >= 15 is 0 Å². The van der Waals surface area contributed by atoms with Crippen LogP contribution in [0.4, 0.5) is 0 Å². The third-order valence-corrected chi connectivity index (χ3v) is 4.97. The number of hydrazone groups is 1. The number of benzene rings is 2. The maximum absolute atomic E-state index is 12.7. The maximum Gasteiger partial charge on any atom is 0.292 e. The summed E-state index contributed by atoms with van der Waals surface area (Å²) in [4.78, 5) is 25.4. The van der Waals surface area contributed by atoms with Gasteiger partial charge in [-0.25, -0.2) is 5.43 Å². The zero-order chi connectivity index (χ0) is 21.7. The van der Waals surface area contributed by atoms with Crippen molar-refractivity contribution in [3.63, 3.8) is 0 Å². The number of aryl methyl sites for hydroxylation is 1. The summed E-state index contributed by atoms with van der Waals surface area (Å²) in [5.74, 6) is -0.617. The summed E-state index contributed by atoms with van der Waals surface area (Å²) in [6.07, 6.45) is 2.34. The van der Waals surface area contributed by atoms with Gasteiger partial charge in [0, 0.05) is 10.0 Å². The highest BCUT2D eigenvalue weighted by molar-refractivity contribution is 9.10. The van der Waals surface area contributed by atoms with Crippen LogP contribution in [0.3, 0.4) is 0 Å². The molecule has 0 fully saturated rings. The number of hydrogen-bond donors (Lipinski definition) is 1. The molecule has 1 amide bonds. The molecule has 1 aromatic heterocycles. The second kappa shape index (κ2) is 9.29. The number of carbonyl (C=O) groups excluding carboxylic acids is 1. The number of amides is 1. The lowest BCUT2D eigenvalue weighted by Crippen LogP contribution is -2.31. The average Bonchev–Trinajstić information content (AvgIpc) is 2.74. The van der Waals surface area contributed by atoms with E-state index in [1.54, 1.807) is 12.1 Å². The number of aromatic nitrogens is 2. The average molecular weight is 464 g/mol. The van der Waals surface area contributed by atoms with Gasteiger partial charge in [-0.05, 0) is 48.7 Å². The van der Waals surface area contributed by atoms with Gasteiger partial charge in [0.1, 0.15) is 11.6 Å². The number of halogens is 1. The van der Waals surface area contributed by atoms with Crippen LogP contribution in [0.5, 0.6) is 0 Å². The number of carbonyl (C=O) groups is 1. The molecule has 0 aliphatic rings. The Morgan fingerprint density at radius 3 is 2.67 bits per heavy atom. The maximum atomic E-state index is 12.7. The Hall–Kier alpha value is -3.57. The monoisotopic (exact) mass is 463 g/mol. The third-order valence-electron chi connectivity index (χ3n) is 4.48. The van der Waals surface area contributed by atoms with E-state index in [1.807, 2.05) is 49.4 Å². The van der Waals surface area contributed by atoms with Gasteiger partial charge in [0.15, 0.2) is 5.69 Å². The molecular formula is C22H18BrN5O2. The summed E-state index contributed by atoms with van der Waals surface area (Å²) < 4.78 is 1.95. The molecule has 0 radical (unpaired) electrons. The lowest BCUT2D eigenvalue weighted by atomic mass is 10.1. The molecule has 8 heteroatoms. The summed E-state index contributed by atoms with van der Waals surface area (Å²) >= 11 is 3.37. The smallest absolute Gasteiger partial charge is 0.266 e. The fourth-order valence-corrected chi connectivity index (χ4v) is 3.22. The molecule has 2 aromatic carbocycles. The van der Waals surface area contributed by atoms with Crippen LogP contribution in [0, 0.1) is 18.3 Å². The highest BCUT2D eigenvalue weighted by Gasteiger charge is 2.20. The second-order valence-electron chi connectivity index (χ2n) is 6.45. The number of rotatable bonds is 5. The molecule has 0 saturated carbocycles. The first-order chi connectivity index (χ1) is 14.4. The van der Waals surface area contributed by atoms with Crippen molar-refractivity contribution in [3.8, 4) is 11.8 Å². The van der Waals surface area contributed by atoms with Crippen molar-refractivity contribution in [2.75, 3.05) is 0 Å². The Labute approximate surface area is 181 Å². The molecular weight excluding hydrogens is 446 g/mol. The molecule has 3 aromatic rings. The molecule has 150 valence electrons. The van der Waals surface area contributed by atoms with E-state index < -0.39 is 11.5 Å². The predicted molar refractivity (Wildman–Crippen MR) is 118 cm³/mol. The molecule has 0 saturated heterocycles. The summed E-state index contributed by atoms with van der Waals surface area (Å²) in [6, 6.07) is 16.5. The van der Waals surface area contributed by atoms with Crippen molar-refractivity contribution < 1.29 is 4.79 Å². The molecule has 0 aliphatic carbocycles. The summed E-state index contributed by atoms with van der Waals surface area (Å²) in [7, 11) is 0. The van der Waals surface area contributed by atoms with Gasteiger partial charge in [-0.3, -0.25) is 9.59 Å². The molecule has 0 bridgehead atoms. The minimum absolute atomic E-state index is 0.0443. The first-order valence-corrected chi connectivity index (χ1v) is 9.96. The minimum Gasteiger partial charge on any atom is -0.266 e. The summed E-state index contributed by atoms with van der Waals surface area (Å²) in [5, 5.41) is 17.6. The second-order valence-corrected chi connectivity index (χ2v) is 7.37. The topological polar surface area (TPSA) is 100 Å². The molecule has 1 heterocycles. The fraction of sp³-hybridized carbons (Fsp3) is 0.136. The number of nitrogens with zero attached hydrogens (tertiary/aromatic N) is 4. The van der Waals surface area contributed by atoms with E-state index in [2.05, 4.69) is 31.6 Å². The van der Waals surface area contributed by atoms with Crippen molar-refractivity contribution in [2.45, 2.75) is 20.3 Å². The van der Waals surface area contributed by atoms with Crippen molar-refractivity contribution in [3.05, 3.63) is 91.3 Å². The van der Waals surface area contributed by atoms with Gasteiger partial charge in [-0.2, -0.15) is 20.1 Å². The highest BCUT2D eigenvalue weighted by atomic mass is 79.9. The zero-order valence-corrected chi connectivity index (χ0v) is 18.0. The molecule has 0 aliphatic heterocycles. The van der Waals surface area contributed by atoms with E-state index in [9.17, 15) is 14.9 Å². The molecule has 0 atom stereocenters. The molecule has 3 rings (SSSR count). The predicted octanol–water partition coefficient (Wildman–Crippen LogP) is 3.50. The van der Waals surface area contributed by atoms with Crippen LogP contribution in [-0.2, 0) is 6.42 Å². The van der Waals surface area contributed by atoms with E-state index in [-0.39, 0.29) is 16.8 Å². The van der Waals surface area contributed by atoms with Crippen LogP contribution in [0.1, 0.15) is 39.7 Å². The minimum atomic E-state index is -0.617. The normalized spacial score (nSPS) is 10.7. The van der Waals surface area contributed by atoms with Crippen molar-refractivity contribution in [2.24, 2.45) is 5.10 Å². The van der Waals surface area contributed by atoms with E-state index in [4.69, 9.17) is 0 Å². The number of nitrogens with one attached hydrogen (secondary N) is 1. The van der Waals surface area contributed by atoms with Gasteiger partial charge in [0.05, 0.1) is 11.9 Å². The molecule has 7 nitrogen and oxygen atoms in total. The van der Waals surface area contributed by atoms with Gasteiger partial charge in [-0.1, -0.05) is 47.1 Å². The van der Waals surface area contributed by atoms with Gasteiger partial charge >= 0.3 is 0 Å². The Bertz CT molecular complexity index is 1220. The largest absolute Gasteiger partial charge is 0.292 e. The Kier molecular flexibility index (Phi) is 6.54. The van der Waals surface area contributed by atoms with Crippen molar-refractivity contribution in [1.29, 1.82) is 5.26 Å². The summed E-state index contributed by atoms with van der Waals surface area (Å²) in [6.45, 7) is 3.54. The first-order valence-electron chi connectivity index (χ1n) is 9.17.